The van der Waals surface area contributed by atoms with Crippen molar-refractivity contribution in [3.05, 3.63) is 23.3 Å². The fourth-order valence-corrected chi connectivity index (χ4v) is 2.72. The molecule has 1 aromatic heterocycles. The fraction of sp³-hybridized carbons (Fsp3) is 0.333. The maximum Gasteiger partial charge on any atom is 0.278 e. The third-order valence-electron chi connectivity index (χ3n) is 2.60. The number of rotatable bonds is 4. The lowest BCUT2D eigenvalue weighted by Crippen LogP contribution is -1.99. The molecule has 2 rings (SSSR count). The minimum atomic E-state index is 0.400. The van der Waals surface area contributed by atoms with Crippen LogP contribution in [0.4, 0.5) is 0 Å². The number of fused-ring (bicyclic) bond motifs is 1. The van der Waals surface area contributed by atoms with Crippen molar-refractivity contribution < 1.29 is 9.47 Å². The minimum absolute atomic E-state index is 0.400. The van der Waals surface area contributed by atoms with Gasteiger partial charge in [-0.1, -0.05) is 31.9 Å². The minimum Gasteiger partial charge on any atom is -0.477 e. The molecule has 0 bridgehead atoms. The van der Waals surface area contributed by atoms with Gasteiger partial charge in [0.15, 0.2) is 0 Å². The molecule has 0 saturated carbocycles. The van der Waals surface area contributed by atoms with Crippen LogP contribution < -0.4 is 9.47 Å². The highest BCUT2D eigenvalue weighted by atomic mass is 79.9. The van der Waals surface area contributed by atoms with Crippen LogP contribution in [0.3, 0.4) is 0 Å². The van der Waals surface area contributed by atoms with Gasteiger partial charge in [-0.15, -0.1) is 0 Å². The molecule has 4 nitrogen and oxygen atoms in total. The number of hydrogen-bond acceptors (Lipinski definition) is 4. The molecule has 1 heterocycles. The summed E-state index contributed by atoms with van der Waals surface area (Å²) in [7, 11) is 3.10. The van der Waals surface area contributed by atoms with E-state index in [4.69, 9.17) is 9.47 Å². The third-order valence-corrected chi connectivity index (χ3v) is 3.81. The number of halogens is 2. The average molecular weight is 376 g/mol. The normalized spacial score (nSPS) is 10.7. The summed E-state index contributed by atoms with van der Waals surface area (Å²) in [6.07, 6.45) is 0. The summed E-state index contributed by atoms with van der Waals surface area (Å²) >= 11 is 6.95. The molecule has 0 spiro atoms. The second kappa shape index (κ2) is 5.84. The van der Waals surface area contributed by atoms with Crippen LogP contribution in [-0.4, -0.2) is 24.2 Å². The first-order chi connectivity index (χ1) is 8.73. The van der Waals surface area contributed by atoms with Gasteiger partial charge in [0.1, 0.15) is 0 Å². The van der Waals surface area contributed by atoms with Crippen LogP contribution in [0.1, 0.15) is 11.1 Å². The monoisotopic (exact) mass is 374 g/mol. The topological polar surface area (TPSA) is 44.2 Å². The molecular weight excluding hydrogens is 364 g/mol. The van der Waals surface area contributed by atoms with E-state index in [2.05, 4.69) is 41.8 Å². The van der Waals surface area contributed by atoms with Gasteiger partial charge in [0.05, 0.1) is 25.3 Å². The molecule has 0 aliphatic heterocycles. The summed E-state index contributed by atoms with van der Waals surface area (Å²) in [5.74, 6) is 0.800. The first-order valence-electron chi connectivity index (χ1n) is 5.27. The maximum absolute atomic E-state index is 5.15. The molecule has 0 aliphatic carbocycles. The summed E-state index contributed by atoms with van der Waals surface area (Å²) in [6, 6.07) is 4.02. The lowest BCUT2D eigenvalue weighted by atomic mass is 10.1. The molecule has 0 atom stereocenters. The molecule has 0 radical (unpaired) electrons. The number of ether oxygens (including phenoxy) is 2. The number of nitrogens with zero attached hydrogens (tertiary/aromatic N) is 2. The molecule has 0 unspecified atom stereocenters. The van der Waals surface area contributed by atoms with Crippen molar-refractivity contribution in [3.8, 4) is 11.8 Å². The molecule has 6 heteroatoms. The average Bonchev–Trinajstić information content (AvgIpc) is 2.43. The van der Waals surface area contributed by atoms with Gasteiger partial charge in [0.2, 0.25) is 0 Å². The van der Waals surface area contributed by atoms with Crippen molar-refractivity contribution >= 4 is 42.9 Å². The molecular formula is C12H12Br2N2O2. The molecule has 0 fully saturated rings. The lowest BCUT2D eigenvalue weighted by Gasteiger charge is -2.09. The van der Waals surface area contributed by atoms with Gasteiger partial charge in [0.25, 0.3) is 11.8 Å². The van der Waals surface area contributed by atoms with E-state index < -0.39 is 0 Å². The lowest BCUT2D eigenvalue weighted by molar-refractivity contribution is 0.334. The van der Waals surface area contributed by atoms with Crippen molar-refractivity contribution in [2.45, 2.75) is 10.7 Å². The highest BCUT2D eigenvalue weighted by Gasteiger charge is 2.12. The standard InChI is InChI=1S/C12H12Br2N2O2/c1-17-11-12(18-2)16-10-4-8(6-14)7(5-13)3-9(10)15-11/h3-4H,5-6H2,1-2H3. The smallest absolute Gasteiger partial charge is 0.278 e. The Bertz CT molecular complexity index is 478. The molecule has 0 saturated heterocycles. The molecule has 18 heavy (non-hydrogen) atoms. The number of alkyl halides is 2. The Labute approximate surface area is 122 Å². The van der Waals surface area contributed by atoms with E-state index in [0.29, 0.717) is 11.8 Å². The molecule has 0 amide bonds. The van der Waals surface area contributed by atoms with Crippen molar-refractivity contribution in [3.63, 3.8) is 0 Å². The van der Waals surface area contributed by atoms with Gasteiger partial charge in [-0.2, -0.15) is 0 Å². The second-order valence-corrected chi connectivity index (χ2v) is 4.74. The zero-order valence-electron chi connectivity index (χ0n) is 10.0. The summed E-state index contributed by atoms with van der Waals surface area (Å²) in [5.41, 5.74) is 3.96. The van der Waals surface area contributed by atoms with Crippen LogP contribution in [0.5, 0.6) is 11.8 Å². The largest absolute Gasteiger partial charge is 0.477 e. The van der Waals surface area contributed by atoms with Gasteiger partial charge >= 0.3 is 0 Å². The van der Waals surface area contributed by atoms with Gasteiger partial charge in [0, 0.05) is 10.7 Å². The van der Waals surface area contributed by atoms with Crippen LogP contribution in [0.15, 0.2) is 12.1 Å². The van der Waals surface area contributed by atoms with E-state index in [-0.39, 0.29) is 0 Å². The summed E-state index contributed by atoms with van der Waals surface area (Å²) in [6.45, 7) is 0. The Morgan fingerprint density at radius 3 is 1.56 bits per heavy atom. The number of benzene rings is 1. The van der Waals surface area contributed by atoms with Crippen LogP contribution in [0.2, 0.25) is 0 Å². The van der Waals surface area contributed by atoms with Crippen LogP contribution in [0.25, 0.3) is 11.0 Å². The fourth-order valence-electron chi connectivity index (χ4n) is 1.67. The van der Waals surface area contributed by atoms with E-state index in [9.17, 15) is 0 Å². The third kappa shape index (κ3) is 2.44. The molecule has 0 aliphatic rings. The van der Waals surface area contributed by atoms with Crippen molar-refractivity contribution in [2.75, 3.05) is 14.2 Å². The first kappa shape index (κ1) is 13.5. The molecule has 2 aromatic rings. The SMILES string of the molecule is COc1nc2cc(CBr)c(CBr)cc2nc1OC. The molecule has 96 valence electrons. The number of aromatic nitrogens is 2. The highest BCUT2D eigenvalue weighted by Crippen LogP contribution is 2.28. The van der Waals surface area contributed by atoms with E-state index in [0.717, 1.165) is 21.7 Å². The summed E-state index contributed by atoms with van der Waals surface area (Å²) in [5, 5.41) is 1.56. The Hall–Kier alpha value is -0.880. The Morgan fingerprint density at radius 1 is 0.889 bits per heavy atom. The van der Waals surface area contributed by atoms with E-state index >= 15 is 0 Å². The van der Waals surface area contributed by atoms with E-state index in [1.807, 2.05) is 12.1 Å². The van der Waals surface area contributed by atoms with Crippen molar-refractivity contribution in [1.82, 2.24) is 9.97 Å². The van der Waals surface area contributed by atoms with Crippen LogP contribution >= 0.6 is 31.9 Å². The number of methoxy groups -OCH3 is 2. The Kier molecular flexibility index (Phi) is 4.40. The van der Waals surface area contributed by atoms with Crippen molar-refractivity contribution in [1.29, 1.82) is 0 Å². The Balaban J connectivity index is 2.69. The predicted molar refractivity (Wildman–Crippen MR) is 77.9 cm³/mol. The van der Waals surface area contributed by atoms with Crippen LogP contribution in [-0.2, 0) is 10.7 Å². The van der Waals surface area contributed by atoms with Gasteiger partial charge in [-0.25, -0.2) is 9.97 Å². The van der Waals surface area contributed by atoms with E-state index in [1.54, 1.807) is 14.2 Å². The number of hydrogen-bond donors (Lipinski definition) is 0. The molecule has 0 N–H and O–H groups in total. The zero-order valence-corrected chi connectivity index (χ0v) is 13.2. The van der Waals surface area contributed by atoms with Gasteiger partial charge in [-0.3, -0.25) is 0 Å². The maximum atomic E-state index is 5.15. The van der Waals surface area contributed by atoms with Crippen molar-refractivity contribution in [2.24, 2.45) is 0 Å². The summed E-state index contributed by atoms with van der Waals surface area (Å²) < 4.78 is 10.3. The highest BCUT2D eigenvalue weighted by molar-refractivity contribution is 9.09. The van der Waals surface area contributed by atoms with Gasteiger partial charge in [-0.05, 0) is 23.3 Å². The van der Waals surface area contributed by atoms with E-state index in [1.165, 1.54) is 11.1 Å². The Morgan fingerprint density at radius 2 is 1.28 bits per heavy atom. The predicted octanol–water partition coefficient (Wildman–Crippen LogP) is 3.44. The quantitative estimate of drug-likeness (QED) is 0.768. The summed E-state index contributed by atoms with van der Waals surface area (Å²) in [4.78, 5) is 8.81. The molecule has 1 aromatic carbocycles. The van der Waals surface area contributed by atoms with Crippen LogP contribution in [0, 0.1) is 0 Å². The van der Waals surface area contributed by atoms with Gasteiger partial charge < -0.3 is 9.47 Å². The first-order valence-corrected chi connectivity index (χ1v) is 7.51. The second-order valence-electron chi connectivity index (χ2n) is 3.62. The zero-order chi connectivity index (χ0) is 13.1.